The number of hydrogen-bond acceptors (Lipinski definition) is 2. The van der Waals surface area contributed by atoms with E-state index < -0.39 is 0 Å². The van der Waals surface area contributed by atoms with Gasteiger partial charge in [0.1, 0.15) is 5.82 Å². The molecule has 0 aromatic carbocycles. The van der Waals surface area contributed by atoms with Crippen LogP contribution in [0.15, 0.2) is 12.1 Å². The number of nitrogen functional groups attached to an aromatic ring is 1. The van der Waals surface area contributed by atoms with E-state index in [-0.39, 0.29) is 0 Å². The molecule has 0 aliphatic heterocycles. The lowest BCUT2D eigenvalue weighted by Crippen LogP contribution is -1.97. The van der Waals surface area contributed by atoms with Gasteiger partial charge in [0.15, 0.2) is 0 Å². The monoisotopic (exact) mass is 148 g/mol. The maximum absolute atomic E-state index is 5.75. The predicted octanol–water partition coefficient (Wildman–Crippen LogP) is 1.85. The molecule has 2 heteroatoms. The van der Waals surface area contributed by atoms with Crippen molar-refractivity contribution in [1.29, 1.82) is 0 Å². The van der Waals surface area contributed by atoms with Crippen LogP contribution in [-0.4, -0.2) is 4.98 Å². The van der Waals surface area contributed by atoms with Crippen LogP contribution in [0.1, 0.15) is 30.0 Å². The highest BCUT2D eigenvalue weighted by atomic mass is 14.8. The minimum Gasteiger partial charge on any atom is -0.383 e. The van der Waals surface area contributed by atoms with Gasteiger partial charge in [-0.25, -0.2) is 4.98 Å². The van der Waals surface area contributed by atoms with E-state index in [0.29, 0.717) is 5.92 Å². The molecule has 0 spiro atoms. The van der Waals surface area contributed by atoms with Crippen LogP contribution in [0.2, 0.25) is 0 Å². The van der Waals surface area contributed by atoms with Crippen molar-refractivity contribution in [3.05, 3.63) is 23.4 Å². The van der Waals surface area contributed by atoms with Gasteiger partial charge in [0, 0.05) is 5.69 Å². The molecular weight excluding hydrogens is 136 g/mol. The number of pyridine rings is 1. The summed E-state index contributed by atoms with van der Waals surface area (Å²) in [6.45, 7) is 1.97. The molecule has 2 N–H and O–H groups in total. The Balaban J connectivity index is 2.39. The third-order valence-electron chi connectivity index (χ3n) is 2.11. The van der Waals surface area contributed by atoms with Crippen molar-refractivity contribution >= 4 is 5.82 Å². The number of anilines is 1. The second kappa shape index (κ2) is 2.22. The average molecular weight is 148 g/mol. The Kier molecular flexibility index (Phi) is 1.34. The fraction of sp³-hybridized carbons (Fsp3) is 0.444. The molecule has 2 rings (SSSR count). The van der Waals surface area contributed by atoms with Gasteiger partial charge in [-0.3, -0.25) is 0 Å². The molecule has 0 amide bonds. The van der Waals surface area contributed by atoms with Crippen LogP contribution in [0.25, 0.3) is 0 Å². The van der Waals surface area contributed by atoms with Crippen molar-refractivity contribution in [2.45, 2.75) is 25.7 Å². The van der Waals surface area contributed by atoms with E-state index in [1.165, 1.54) is 18.4 Å². The zero-order valence-corrected chi connectivity index (χ0v) is 6.67. The Morgan fingerprint density at radius 3 is 2.73 bits per heavy atom. The second-order valence-corrected chi connectivity index (χ2v) is 3.20. The van der Waals surface area contributed by atoms with Crippen LogP contribution >= 0.6 is 0 Å². The molecule has 58 valence electrons. The number of aromatic nitrogens is 1. The smallest absolute Gasteiger partial charge is 0.127 e. The lowest BCUT2D eigenvalue weighted by atomic mass is 10.1. The Bertz CT molecular complexity index is 277. The van der Waals surface area contributed by atoms with E-state index in [1.807, 2.05) is 13.0 Å². The molecule has 1 saturated carbocycles. The molecule has 0 bridgehead atoms. The van der Waals surface area contributed by atoms with Crippen LogP contribution in [0.3, 0.4) is 0 Å². The van der Waals surface area contributed by atoms with Crippen LogP contribution in [0, 0.1) is 6.92 Å². The zero-order chi connectivity index (χ0) is 7.84. The van der Waals surface area contributed by atoms with Crippen molar-refractivity contribution in [2.24, 2.45) is 0 Å². The molecule has 0 radical (unpaired) electrons. The molecule has 1 heterocycles. The Hall–Kier alpha value is -1.05. The van der Waals surface area contributed by atoms with Gasteiger partial charge in [0.05, 0.1) is 0 Å². The first-order valence-electron chi connectivity index (χ1n) is 4.00. The number of nitrogens with two attached hydrogens (primary N) is 1. The summed E-state index contributed by atoms with van der Waals surface area (Å²) in [7, 11) is 0. The summed E-state index contributed by atoms with van der Waals surface area (Å²) in [6.07, 6.45) is 2.57. The van der Waals surface area contributed by atoms with Crippen LogP contribution < -0.4 is 5.73 Å². The normalized spacial score (nSPS) is 16.8. The van der Waals surface area contributed by atoms with Crippen LogP contribution in [0.5, 0.6) is 0 Å². The summed E-state index contributed by atoms with van der Waals surface area (Å²) in [5.74, 6) is 1.44. The van der Waals surface area contributed by atoms with Crippen molar-refractivity contribution in [3.8, 4) is 0 Å². The highest BCUT2D eigenvalue weighted by Gasteiger charge is 2.25. The largest absolute Gasteiger partial charge is 0.383 e. The third-order valence-corrected chi connectivity index (χ3v) is 2.11. The highest BCUT2D eigenvalue weighted by Crippen LogP contribution is 2.41. The number of aryl methyl sites for hydroxylation is 1. The Morgan fingerprint density at radius 2 is 2.18 bits per heavy atom. The van der Waals surface area contributed by atoms with Gasteiger partial charge in [-0.05, 0) is 37.3 Å². The van der Waals surface area contributed by atoms with Gasteiger partial charge in [-0.15, -0.1) is 0 Å². The summed E-state index contributed by atoms with van der Waals surface area (Å²) in [5, 5.41) is 0. The second-order valence-electron chi connectivity index (χ2n) is 3.20. The average Bonchev–Trinajstić information content (AvgIpc) is 2.70. The molecule has 1 aromatic heterocycles. The van der Waals surface area contributed by atoms with E-state index in [2.05, 4.69) is 11.1 Å². The fourth-order valence-corrected chi connectivity index (χ4v) is 1.33. The summed E-state index contributed by atoms with van der Waals surface area (Å²) in [5.41, 5.74) is 8.00. The first-order chi connectivity index (χ1) is 5.27. The molecule has 1 aromatic rings. The summed E-state index contributed by atoms with van der Waals surface area (Å²) in [6, 6.07) is 4.14. The van der Waals surface area contributed by atoms with E-state index in [1.54, 1.807) is 0 Å². The third kappa shape index (κ3) is 1.20. The maximum atomic E-state index is 5.75. The van der Waals surface area contributed by atoms with Gasteiger partial charge < -0.3 is 5.73 Å². The van der Waals surface area contributed by atoms with Crippen LogP contribution in [0.4, 0.5) is 5.82 Å². The van der Waals surface area contributed by atoms with Crippen molar-refractivity contribution in [1.82, 2.24) is 4.98 Å². The quantitative estimate of drug-likeness (QED) is 0.660. The predicted molar refractivity (Wildman–Crippen MR) is 45.4 cm³/mol. The minimum absolute atomic E-state index is 0.711. The van der Waals surface area contributed by atoms with Gasteiger partial charge >= 0.3 is 0 Å². The van der Waals surface area contributed by atoms with Gasteiger partial charge in [0.2, 0.25) is 0 Å². The van der Waals surface area contributed by atoms with Crippen LogP contribution in [-0.2, 0) is 0 Å². The van der Waals surface area contributed by atoms with Crippen molar-refractivity contribution in [2.75, 3.05) is 5.73 Å². The molecule has 11 heavy (non-hydrogen) atoms. The minimum atomic E-state index is 0.711. The first kappa shape index (κ1) is 6.65. The summed E-state index contributed by atoms with van der Waals surface area (Å²) >= 11 is 0. The first-order valence-corrected chi connectivity index (χ1v) is 4.00. The molecule has 0 saturated heterocycles. The van der Waals surface area contributed by atoms with Crippen molar-refractivity contribution in [3.63, 3.8) is 0 Å². The highest BCUT2D eigenvalue weighted by molar-refractivity contribution is 5.44. The number of hydrogen-bond donors (Lipinski definition) is 1. The van der Waals surface area contributed by atoms with Gasteiger partial charge in [-0.1, -0.05) is 6.07 Å². The zero-order valence-electron chi connectivity index (χ0n) is 6.67. The van der Waals surface area contributed by atoms with E-state index in [9.17, 15) is 0 Å². The van der Waals surface area contributed by atoms with E-state index >= 15 is 0 Å². The molecule has 2 nitrogen and oxygen atoms in total. The summed E-state index contributed by atoms with van der Waals surface area (Å²) in [4.78, 5) is 4.21. The topological polar surface area (TPSA) is 38.9 Å². The lowest BCUT2D eigenvalue weighted by molar-refractivity contribution is 1.08. The van der Waals surface area contributed by atoms with Gasteiger partial charge in [0.25, 0.3) is 0 Å². The molecule has 1 aliphatic carbocycles. The van der Waals surface area contributed by atoms with Gasteiger partial charge in [-0.2, -0.15) is 0 Å². The number of nitrogens with zero attached hydrogens (tertiary/aromatic N) is 1. The van der Waals surface area contributed by atoms with E-state index in [4.69, 9.17) is 5.73 Å². The van der Waals surface area contributed by atoms with Crippen molar-refractivity contribution < 1.29 is 0 Å². The maximum Gasteiger partial charge on any atom is 0.127 e. The Morgan fingerprint density at radius 1 is 1.45 bits per heavy atom. The molecule has 0 unspecified atom stereocenters. The lowest BCUT2D eigenvalue weighted by Gasteiger charge is -2.02. The fourth-order valence-electron chi connectivity index (χ4n) is 1.33. The molecular formula is C9H12N2. The number of rotatable bonds is 1. The molecule has 0 atom stereocenters. The molecule has 1 fully saturated rings. The SMILES string of the molecule is Cc1ccc(C2CC2)c(N)n1. The Labute approximate surface area is 66.4 Å². The summed E-state index contributed by atoms with van der Waals surface area (Å²) < 4.78 is 0. The molecule has 1 aliphatic rings. The van der Waals surface area contributed by atoms with E-state index in [0.717, 1.165) is 11.5 Å². The standard InChI is InChI=1S/C9H12N2/c1-6-2-5-8(7-3-4-7)9(10)11-6/h2,5,7H,3-4H2,1H3,(H2,10,11).